The van der Waals surface area contributed by atoms with Crippen molar-refractivity contribution in [1.82, 2.24) is 0 Å². The molecule has 0 radical (unpaired) electrons. The van der Waals surface area contributed by atoms with E-state index in [1.165, 1.54) is 6.08 Å². The lowest BCUT2D eigenvalue weighted by atomic mass is 10.0. The molecule has 1 atom stereocenters. The summed E-state index contributed by atoms with van der Waals surface area (Å²) < 4.78 is 0. The van der Waals surface area contributed by atoms with Crippen molar-refractivity contribution in [3.05, 3.63) is 52.6 Å². The van der Waals surface area contributed by atoms with Gasteiger partial charge >= 0.3 is 5.97 Å². The van der Waals surface area contributed by atoms with E-state index in [-0.39, 0.29) is 11.6 Å². The van der Waals surface area contributed by atoms with Gasteiger partial charge in [-0.2, -0.15) is 0 Å². The van der Waals surface area contributed by atoms with Crippen LogP contribution < -0.4 is 5.32 Å². The SMILES string of the molecule is Cc1cccc(NC2C=CC(C(=O)O)=CC2=S)c1Cl. The van der Waals surface area contributed by atoms with Crippen LogP contribution in [0.1, 0.15) is 5.56 Å². The number of hydrogen-bond acceptors (Lipinski definition) is 3. The van der Waals surface area contributed by atoms with Crippen molar-refractivity contribution in [3.8, 4) is 0 Å². The number of carboxylic acid groups (broad SMARTS) is 1. The van der Waals surface area contributed by atoms with Crippen LogP contribution in [0, 0.1) is 6.92 Å². The Balaban J connectivity index is 2.19. The molecular weight excluding hydrogens is 282 g/mol. The van der Waals surface area contributed by atoms with E-state index >= 15 is 0 Å². The maximum Gasteiger partial charge on any atom is 0.335 e. The van der Waals surface area contributed by atoms with Crippen molar-refractivity contribution in [2.75, 3.05) is 5.32 Å². The highest BCUT2D eigenvalue weighted by Crippen LogP contribution is 2.26. The summed E-state index contributed by atoms with van der Waals surface area (Å²) in [5, 5.41) is 12.7. The normalized spacial score (nSPS) is 18.1. The number of halogens is 1. The molecule has 98 valence electrons. The fourth-order valence-corrected chi connectivity index (χ4v) is 2.21. The van der Waals surface area contributed by atoms with E-state index in [1.54, 1.807) is 12.2 Å². The minimum atomic E-state index is -0.981. The van der Waals surface area contributed by atoms with Crippen molar-refractivity contribution >= 4 is 40.3 Å². The molecule has 0 spiro atoms. The van der Waals surface area contributed by atoms with Crippen LogP contribution in [0.15, 0.2) is 42.0 Å². The molecule has 2 rings (SSSR count). The zero-order chi connectivity index (χ0) is 14.0. The van der Waals surface area contributed by atoms with Gasteiger partial charge in [0, 0.05) is 4.86 Å². The third kappa shape index (κ3) is 3.03. The van der Waals surface area contributed by atoms with Crippen LogP contribution in [0.4, 0.5) is 5.69 Å². The number of aryl methyl sites for hydroxylation is 1. The number of carboxylic acids is 1. The first kappa shape index (κ1) is 13.8. The van der Waals surface area contributed by atoms with Crippen LogP contribution in [-0.4, -0.2) is 22.0 Å². The number of carbonyl (C=O) groups is 1. The van der Waals surface area contributed by atoms with Crippen molar-refractivity contribution < 1.29 is 9.90 Å². The Hall–Kier alpha value is -1.65. The molecule has 1 aromatic rings. The number of aliphatic carboxylic acids is 1. The van der Waals surface area contributed by atoms with E-state index in [1.807, 2.05) is 25.1 Å². The Morgan fingerprint density at radius 2 is 2.21 bits per heavy atom. The summed E-state index contributed by atoms with van der Waals surface area (Å²) in [6, 6.07) is 5.46. The quantitative estimate of drug-likeness (QED) is 0.839. The second kappa shape index (κ2) is 5.55. The third-order valence-corrected chi connectivity index (χ3v) is 3.70. The first-order valence-corrected chi connectivity index (χ1v) is 6.46. The molecule has 3 nitrogen and oxygen atoms in total. The van der Waals surface area contributed by atoms with Crippen LogP contribution in [0.25, 0.3) is 0 Å². The first-order chi connectivity index (χ1) is 8.99. The maximum atomic E-state index is 10.8. The van der Waals surface area contributed by atoms with Crippen LogP contribution in [-0.2, 0) is 4.79 Å². The minimum Gasteiger partial charge on any atom is -0.478 e. The van der Waals surface area contributed by atoms with Gasteiger partial charge in [-0.3, -0.25) is 0 Å². The predicted octanol–water partition coefficient (Wildman–Crippen LogP) is 3.38. The molecule has 0 saturated carbocycles. The lowest BCUT2D eigenvalue weighted by Crippen LogP contribution is -2.27. The van der Waals surface area contributed by atoms with Crippen molar-refractivity contribution in [2.24, 2.45) is 0 Å². The van der Waals surface area contributed by atoms with Gasteiger partial charge in [-0.25, -0.2) is 4.79 Å². The van der Waals surface area contributed by atoms with E-state index < -0.39 is 5.97 Å². The highest BCUT2D eigenvalue weighted by molar-refractivity contribution is 7.81. The third-order valence-electron chi connectivity index (χ3n) is 2.82. The van der Waals surface area contributed by atoms with E-state index in [2.05, 4.69) is 5.32 Å². The molecule has 1 aromatic carbocycles. The molecular formula is C14H12ClNO2S. The number of benzene rings is 1. The van der Waals surface area contributed by atoms with Crippen molar-refractivity contribution in [1.29, 1.82) is 0 Å². The second-order valence-corrected chi connectivity index (χ2v) is 5.07. The van der Waals surface area contributed by atoms with Crippen LogP contribution >= 0.6 is 23.8 Å². The van der Waals surface area contributed by atoms with E-state index in [0.29, 0.717) is 9.89 Å². The van der Waals surface area contributed by atoms with Crippen molar-refractivity contribution in [2.45, 2.75) is 13.0 Å². The Kier molecular flexibility index (Phi) is 4.02. The average Bonchev–Trinajstić information content (AvgIpc) is 2.37. The summed E-state index contributed by atoms with van der Waals surface area (Å²) in [6.07, 6.45) is 4.75. The number of thiocarbonyl (C=S) groups is 1. The molecule has 0 saturated heterocycles. The van der Waals surface area contributed by atoms with Crippen LogP contribution in [0.2, 0.25) is 5.02 Å². The summed E-state index contributed by atoms with van der Waals surface area (Å²) in [6.45, 7) is 1.92. The predicted molar refractivity (Wildman–Crippen MR) is 81.1 cm³/mol. The molecule has 5 heteroatoms. The second-order valence-electron chi connectivity index (χ2n) is 4.22. The van der Waals surface area contributed by atoms with Crippen molar-refractivity contribution in [3.63, 3.8) is 0 Å². The fourth-order valence-electron chi connectivity index (χ4n) is 1.76. The monoisotopic (exact) mass is 293 g/mol. The molecule has 0 fully saturated rings. The van der Waals surface area contributed by atoms with Crippen LogP contribution in [0.3, 0.4) is 0 Å². The molecule has 1 unspecified atom stereocenters. The molecule has 0 heterocycles. The van der Waals surface area contributed by atoms with E-state index in [9.17, 15) is 4.79 Å². The highest BCUT2D eigenvalue weighted by Gasteiger charge is 2.18. The highest BCUT2D eigenvalue weighted by atomic mass is 35.5. The molecule has 0 aliphatic heterocycles. The first-order valence-electron chi connectivity index (χ1n) is 5.67. The summed E-state index contributed by atoms with van der Waals surface area (Å²) in [4.78, 5) is 11.4. The van der Waals surface area contributed by atoms with E-state index in [0.717, 1.165) is 11.3 Å². The number of rotatable bonds is 3. The summed E-state index contributed by atoms with van der Waals surface area (Å²) in [5.41, 5.74) is 1.95. The zero-order valence-electron chi connectivity index (χ0n) is 10.2. The minimum absolute atomic E-state index is 0.193. The maximum absolute atomic E-state index is 10.8. The number of anilines is 1. The zero-order valence-corrected chi connectivity index (χ0v) is 11.8. The Morgan fingerprint density at radius 1 is 1.47 bits per heavy atom. The van der Waals surface area contributed by atoms with Crippen LogP contribution in [0.5, 0.6) is 0 Å². The Labute approximate surface area is 121 Å². The Bertz CT molecular complexity index is 607. The molecule has 1 aliphatic carbocycles. The summed E-state index contributed by atoms with van der Waals surface area (Å²) in [5.74, 6) is -0.981. The molecule has 19 heavy (non-hydrogen) atoms. The van der Waals surface area contributed by atoms with E-state index in [4.69, 9.17) is 28.9 Å². The number of hydrogen-bond donors (Lipinski definition) is 2. The van der Waals surface area contributed by atoms with Gasteiger partial charge in [0.1, 0.15) is 0 Å². The standard InChI is InChI=1S/C14H12ClNO2S/c1-8-3-2-4-11(13(8)15)16-10-6-5-9(14(17)18)7-12(10)19/h2-7,10,16H,1H3,(H,17,18). The van der Waals surface area contributed by atoms with Gasteiger partial charge in [-0.05, 0) is 30.7 Å². The van der Waals surface area contributed by atoms with Gasteiger partial charge < -0.3 is 10.4 Å². The lowest BCUT2D eigenvalue weighted by molar-refractivity contribution is -0.132. The summed E-state index contributed by atoms with van der Waals surface area (Å²) in [7, 11) is 0. The molecule has 1 aliphatic rings. The molecule has 2 N–H and O–H groups in total. The Morgan fingerprint density at radius 3 is 2.84 bits per heavy atom. The van der Waals surface area contributed by atoms with Gasteiger partial charge in [0.25, 0.3) is 0 Å². The van der Waals surface area contributed by atoms with Gasteiger partial charge in [0.2, 0.25) is 0 Å². The molecule has 0 amide bonds. The smallest absolute Gasteiger partial charge is 0.335 e. The van der Waals surface area contributed by atoms with Gasteiger partial charge in [-0.1, -0.05) is 42.0 Å². The largest absolute Gasteiger partial charge is 0.478 e. The van der Waals surface area contributed by atoms with Gasteiger partial charge in [-0.15, -0.1) is 0 Å². The molecule has 0 bridgehead atoms. The fraction of sp³-hybridized carbons (Fsp3) is 0.143. The van der Waals surface area contributed by atoms with Gasteiger partial charge in [0.05, 0.1) is 22.3 Å². The number of nitrogens with one attached hydrogen (secondary N) is 1. The lowest BCUT2D eigenvalue weighted by Gasteiger charge is -2.20. The summed E-state index contributed by atoms with van der Waals surface area (Å²) >= 11 is 11.4. The topological polar surface area (TPSA) is 49.3 Å². The average molecular weight is 294 g/mol. The van der Waals surface area contributed by atoms with Gasteiger partial charge in [0.15, 0.2) is 0 Å². The molecule has 0 aromatic heterocycles.